The highest BCUT2D eigenvalue weighted by Crippen LogP contribution is 2.28. The Morgan fingerprint density at radius 3 is 2.29 bits per heavy atom. The van der Waals surface area contributed by atoms with Gasteiger partial charge < -0.3 is 19.5 Å². The summed E-state index contributed by atoms with van der Waals surface area (Å²) < 4.78 is 16.2. The van der Waals surface area contributed by atoms with E-state index in [0.717, 1.165) is 47.1 Å². The number of aromatic nitrogens is 1. The van der Waals surface area contributed by atoms with Crippen LogP contribution in [0.1, 0.15) is 32.2 Å². The van der Waals surface area contributed by atoms with E-state index in [2.05, 4.69) is 33.4 Å². The lowest BCUT2D eigenvalue weighted by atomic mass is 10.1. The van der Waals surface area contributed by atoms with Crippen LogP contribution in [0.4, 0.5) is 0 Å². The molecule has 1 heterocycles. The molecule has 38 heavy (non-hydrogen) atoms. The zero-order chi connectivity index (χ0) is 26.7. The van der Waals surface area contributed by atoms with Gasteiger partial charge in [-0.25, -0.2) is 4.98 Å². The minimum absolute atomic E-state index is 0.164. The summed E-state index contributed by atoms with van der Waals surface area (Å²) in [4.78, 5) is 19.7. The Balaban J connectivity index is 1.43. The molecule has 0 aliphatic rings. The molecule has 0 saturated heterocycles. The number of nitrogens with zero attached hydrogens (tertiary/aromatic N) is 2. The molecule has 0 fully saturated rings. The van der Waals surface area contributed by atoms with Crippen molar-refractivity contribution in [2.75, 3.05) is 27.9 Å². The van der Waals surface area contributed by atoms with Crippen molar-refractivity contribution in [3.63, 3.8) is 0 Å². The lowest BCUT2D eigenvalue weighted by Gasteiger charge is -2.22. The topological polar surface area (TPSA) is 72.9 Å². The third-order valence-electron chi connectivity index (χ3n) is 6.17. The highest BCUT2D eigenvalue weighted by atomic mass is 32.1. The van der Waals surface area contributed by atoms with Gasteiger partial charge in [0.15, 0.2) is 11.5 Å². The van der Waals surface area contributed by atoms with Crippen molar-refractivity contribution >= 4 is 17.2 Å². The molecule has 0 spiro atoms. The van der Waals surface area contributed by atoms with E-state index in [1.54, 1.807) is 21.3 Å². The molecular weight excluding hydrogens is 498 g/mol. The average Bonchev–Trinajstić information content (AvgIpc) is 3.44. The van der Waals surface area contributed by atoms with Gasteiger partial charge in [-0.2, -0.15) is 0 Å². The Hall–Kier alpha value is -3.88. The SMILES string of the molecule is COc1ccc(CN(CCc2ccc(OC)c(OC)c2)Cc2nc(C(=O)NCc3ccccc3)cs2)cc1. The number of hydrogen-bond donors (Lipinski definition) is 1. The Kier molecular flexibility index (Phi) is 9.72. The van der Waals surface area contributed by atoms with E-state index in [0.29, 0.717) is 24.5 Å². The number of nitrogens with one attached hydrogen (secondary N) is 1. The zero-order valence-electron chi connectivity index (χ0n) is 22.0. The maximum Gasteiger partial charge on any atom is 0.271 e. The van der Waals surface area contributed by atoms with E-state index in [4.69, 9.17) is 14.2 Å². The van der Waals surface area contributed by atoms with Gasteiger partial charge in [-0.1, -0.05) is 48.5 Å². The van der Waals surface area contributed by atoms with E-state index in [9.17, 15) is 4.79 Å². The molecule has 0 unspecified atom stereocenters. The van der Waals surface area contributed by atoms with E-state index in [1.807, 2.05) is 60.0 Å². The smallest absolute Gasteiger partial charge is 0.271 e. The molecule has 3 aromatic carbocycles. The number of thiazole rings is 1. The molecule has 0 aliphatic heterocycles. The lowest BCUT2D eigenvalue weighted by Crippen LogP contribution is -2.26. The van der Waals surface area contributed by atoms with Crippen molar-refractivity contribution in [1.29, 1.82) is 0 Å². The monoisotopic (exact) mass is 531 g/mol. The average molecular weight is 532 g/mol. The van der Waals surface area contributed by atoms with Crippen LogP contribution in [0.3, 0.4) is 0 Å². The van der Waals surface area contributed by atoms with Crippen LogP contribution in [0, 0.1) is 0 Å². The fourth-order valence-electron chi connectivity index (χ4n) is 4.07. The van der Waals surface area contributed by atoms with Crippen LogP contribution in [-0.2, 0) is 26.1 Å². The van der Waals surface area contributed by atoms with Gasteiger partial charge in [0.1, 0.15) is 16.5 Å². The summed E-state index contributed by atoms with van der Waals surface area (Å²) >= 11 is 1.51. The summed E-state index contributed by atoms with van der Waals surface area (Å²) in [6.07, 6.45) is 0.826. The van der Waals surface area contributed by atoms with Crippen LogP contribution in [-0.4, -0.2) is 43.7 Å². The number of methoxy groups -OCH3 is 3. The fourth-order valence-corrected chi connectivity index (χ4v) is 4.89. The van der Waals surface area contributed by atoms with Crippen molar-refractivity contribution in [2.45, 2.75) is 26.1 Å². The lowest BCUT2D eigenvalue weighted by molar-refractivity contribution is 0.0946. The molecule has 1 amide bonds. The summed E-state index contributed by atoms with van der Waals surface area (Å²) in [6.45, 7) is 2.65. The van der Waals surface area contributed by atoms with Crippen molar-refractivity contribution in [2.24, 2.45) is 0 Å². The largest absolute Gasteiger partial charge is 0.497 e. The van der Waals surface area contributed by atoms with Crippen LogP contribution in [0.2, 0.25) is 0 Å². The normalized spacial score (nSPS) is 10.8. The van der Waals surface area contributed by atoms with E-state index >= 15 is 0 Å². The van der Waals surface area contributed by atoms with E-state index in [1.165, 1.54) is 16.9 Å². The highest BCUT2D eigenvalue weighted by molar-refractivity contribution is 7.09. The van der Waals surface area contributed by atoms with Gasteiger partial charge in [0.2, 0.25) is 0 Å². The first-order valence-electron chi connectivity index (χ1n) is 12.4. The van der Waals surface area contributed by atoms with Crippen LogP contribution < -0.4 is 19.5 Å². The number of carbonyl (C=O) groups excluding carboxylic acids is 1. The Morgan fingerprint density at radius 2 is 1.58 bits per heavy atom. The van der Waals surface area contributed by atoms with Gasteiger partial charge in [-0.05, 0) is 47.4 Å². The van der Waals surface area contributed by atoms with Gasteiger partial charge in [0, 0.05) is 25.0 Å². The quantitative estimate of drug-likeness (QED) is 0.251. The number of ether oxygens (including phenoxy) is 3. The number of carbonyl (C=O) groups is 1. The third kappa shape index (κ3) is 7.57. The van der Waals surface area contributed by atoms with E-state index in [-0.39, 0.29) is 5.91 Å². The fraction of sp³-hybridized carbons (Fsp3) is 0.267. The van der Waals surface area contributed by atoms with Gasteiger partial charge in [-0.15, -0.1) is 11.3 Å². The molecule has 1 N–H and O–H groups in total. The second-order valence-electron chi connectivity index (χ2n) is 8.79. The molecule has 4 rings (SSSR count). The van der Waals surface area contributed by atoms with Crippen molar-refractivity contribution < 1.29 is 19.0 Å². The standard InChI is InChI=1S/C30H33N3O4S/c1-35-25-12-9-24(10-13-25)19-33(16-15-22-11-14-27(36-2)28(17-22)37-3)20-29-32-26(21-38-29)30(34)31-18-23-7-5-4-6-8-23/h4-14,17,21H,15-16,18-20H2,1-3H3,(H,31,34). The molecule has 0 aliphatic carbocycles. The first kappa shape index (κ1) is 27.2. The molecule has 0 radical (unpaired) electrons. The Morgan fingerprint density at radius 1 is 0.842 bits per heavy atom. The van der Waals surface area contributed by atoms with Crippen LogP contribution >= 0.6 is 11.3 Å². The van der Waals surface area contributed by atoms with Crippen LogP contribution in [0.25, 0.3) is 0 Å². The van der Waals surface area contributed by atoms with Crippen molar-refractivity contribution in [3.8, 4) is 17.2 Å². The Bertz CT molecular complexity index is 1310. The zero-order valence-corrected chi connectivity index (χ0v) is 22.8. The van der Waals surface area contributed by atoms with Gasteiger partial charge in [0.05, 0.1) is 27.9 Å². The van der Waals surface area contributed by atoms with Gasteiger partial charge >= 0.3 is 0 Å². The van der Waals surface area contributed by atoms with Crippen molar-refractivity contribution in [3.05, 3.63) is 106 Å². The highest BCUT2D eigenvalue weighted by Gasteiger charge is 2.15. The summed E-state index contributed by atoms with van der Waals surface area (Å²) in [5.74, 6) is 2.10. The second kappa shape index (κ2) is 13.6. The van der Waals surface area contributed by atoms with E-state index < -0.39 is 0 Å². The number of hydrogen-bond acceptors (Lipinski definition) is 7. The minimum atomic E-state index is -0.164. The number of benzene rings is 3. The van der Waals surface area contributed by atoms with Crippen LogP contribution in [0.5, 0.6) is 17.2 Å². The third-order valence-corrected chi connectivity index (χ3v) is 7.00. The predicted molar refractivity (Wildman–Crippen MR) is 150 cm³/mol. The second-order valence-corrected chi connectivity index (χ2v) is 9.74. The molecule has 7 nitrogen and oxygen atoms in total. The maximum absolute atomic E-state index is 12.7. The number of amides is 1. The van der Waals surface area contributed by atoms with Gasteiger partial charge in [-0.3, -0.25) is 9.69 Å². The number of rotatable bonds is 13. The molecule has 1 aromatic heterocycles. The predicted octanol–water partition coefficient (Wildman–Crippen LogP) is 5.34. The van der Waals surface area contributed by atoms with Crippen LogP contribution in [0.15, 0.2) is 78.2 Å². The maximum atomic E-state index is 12.7. The molecule has 198 valence electrons. The molecule has 0 bridgehead atoms. The molecule has 0 saturated carbocycles. The summed E-state index contributed by atoms with van der Waals surface area (Å²) in [6, 6.07) is 24.0. The molecular formula is C30H33N3O4S. The first-order valence-corrected chi connectivity index (χ1v) is 13.3. The molecule has 8 heteroatoms. The summed E-state index contributed by atoms with van der Waals surface area (Å²) in [5, 5.41) is 5.68. The van der Waals surface area contributed by atoms with Crippen molar-refractivity contribution in [1.82, 2.24) is 15.2 Å². The minimum Gasteiger partial charge on any atom is -0.497 e. The molecule has 4 aromatic rings. The summed E-state index contributed by atoms with van der Waals surface area (Å²) in [5.41, 5.74) is 3.83. The Labute approximate surface area is 228 Å². The first-order chi connectivity index (χ1) is 18.6. The molecule has 0 atom stereocenters. The van der Waals surface area contributed by atoms with Gasteiger partial charge in [0.25, 0.3) is 5.91 Å². The summed E-state index contributed by atoms with van der Waals surface area (Å²) in [7, 11) is 4.95.